The average Bonchev–Trinajstić information content (AvgIpc) is 3.25. The number of rotatable bonds is 5. The molecule has 0 bridgehead atoms. The maximum Gasteiger partial charge on any atom is 0.265 e. The number of likely N-dealkylation sites (tertiary alicyclic amines) is 1. The van der Waals surface area contributed by atoms with Crippen LogP contribution in [0.25, 0.3) is 0 Å². The summed E-state index contributed by atoms with van der Waals surface area (Å²) in [4.78, 5) is 28.9. The van der Waals surface area contributed by atoms with E-state index in [9.17, 15) is 4.79 Å². The van der Waals surface area contributed by atoms with Gasteiger partial charge < -0.3 is 14.7 Å². The zero-order valence-corrected chi connectivity index (χ0v) is 17.4. The Morgan fingerprint density at radius 1 is 1.18 bits per heavy atom. The monoisotopic (exact) mass is 399 g/mol. The number of hydrogen-bond donors (Lipinski definition) is 0. The third kappa shape index (κ3) is 4.52. The number of anilines is 1. The molecule has 0 N–H and O–H groups in total. The van der Waals surface area contributed by atoms with Crippen molar-refractivity contribution in [2.75, 3.05) is 38.1 Å². The molecule has 6 nitrogen and oxygen atoms in total. The average molecular weight is 400 g/mol. The summed E-state index contributed by atoms with van der Waals surface area (Å²) in [6.07, 6.45) is 11.8. The van der Waals surface area contributed by atoms with Crippen molar-refractivity contribution in [1.82, 2.24) is 19.8 Å². The van der Waals surface area contributed by atoms with Gasteiger partial charge in [-0.25, -0.2) is 4.98 Å². The van der Waals surface area contributed by atoms with Gasteiger partial charge in [0.05, 0.1) is 6.20 Å². The fraction of sp³-hybridized carbons (Fsp3) is 0.571. The van der Waals surface area contributed by atoms with E-state index in [2.05, 4.69) is 19.8 Å². The summed E-state index contributed by atoms with van der Waals surface area (Å²) in [5.74, 6) is 0.0239. The molecule has 0 aliphatic carbocycles. The fourth-order valence-corrected chi connectivity index (χ4v) is 5.20. The van der Waals surface area contributed by atoms with E-state index < -0.39 is 0 Å². The number of thiazole rings is 1. The second-order valence-corrected chi connectivity index (χ2v) is 8.85. The largest absolute Gasteiger partial charge is 0.348 e. The molecule has 4 heterocycles. The summed E-state index contributed by atoms with van der Waals surface area (Å²) >= 11 is 1.52. The van der Waals surface area contributed by atoms with E-state index in [4.69, 9.17) is 0 Å². The Bertz CT molecular complexity index is 766. The minimum Gasteiger partial charge on any atom is -0.348 e. The second-order valence-electron chi connectivity index (χ2n) is 7.84. The Hall–Kier alpha value is -1.99. The lowest BCUT2D eigenvalue weighted by molar-refractivity contribution is 0.0789. The van der Waals surface area contributed by atoms with E-state index in [0.717, 1.165) is 29.8 Å². The summed E-state index contributed by atoms with van der Waals surface area (Å²) in [6, 6.07) is 4.61. The molecule has 28 heavy (non-hydrogen) atoms. The minimum atomic E-state index is 0.0239. The smallest absolute Gasteiger partial charge is 0.265 e. The quantitative estimate of drug-likeness (QED) is 0.772. The predicted octanol–water partition coefficient (Wildman–Crippen LogP) is 3.27. The molecule has 2 aromatic heterocycles. The number of hydrogen-bond acceptors (Lipinski definition) is 6. The molecular formula is C21H29N5OS. The van der Waals surface area contributed by atoms with Crippen molar-refractivity contribution in [3.63, 3.8) is 0 Å². The number of piperidine rings is 2. The molecule has 0 unspecified atom stereocenters. The summed E-state index contributed by atoms with van der Waals surface area (Å²) in [7, 11) is 1.83. The topological polar surface area (TPSA) is 52.6 Å². The van der Waals surface area contributed by atoms with E-state index >= 15 is 0 Å². The van der Waals surface area contributed by atoms with E-state index in [0.29, 0.717) is 11.4 Å². The van der Waals surface area contributed by atoms with Crippen molar-refractivity contribution in [1.29, 1.82) is 0 Å². The molecule has 0 radical (unpaired) electrons. The Kier molecular flexibility index (Phi) is 6.22. The van der Waals surface area contributed by atoms with Gasteiger partial charge in [0.1, 0.15) is 4.88 Å². The Labute approximate surface area is 171 Å². The summed E-state index contributed by atoms with van der Waals surface area (Å²) in [5.41, 5.74) is 1.03. The van der Waals surface area contributed by atoms with Gasteiger partial charge in [-0.2, -0.15) is 0 Å². The molecule has 0 saturated carbocycles. The molecule has 2 aliphatic heterocycles. The number of aromatic nitrogens is 2. The van der Waals surface area contributed by atoms with Crippen LogP contribution in [0.2, 0.25) is 0 Å². The SMILES string of the molecule is CN(Cc1cccnc1)C(=O)c1cnc(N2CCC(N3CCCCC3)CC2)s1. The van der Waals surface area contributed by atoms with Crippen LogP contribution in [0.5, 0.6) is 0 Å². The van der Waals surface area contributed by atoms with E-state index in [1.54, 1.807) is 23.5 Å². The molecule has 2 aromatic rings. The van der Waals surface area contributed by atoms with Crippen LogP contribution in [-0.4, -0.2) is 64.9 Å². The van der Waals surface area contributed by atoms with Gasteiger partial charge in [-0.1, -0.05) is 23.8 Å². The lowest BCUT2D eigenvalue weighted by Crippen LogP contribution is -2.46. The zero-order chi connectivity index (χ0) is 19.3. The molecule has 4 rings (SSSR count). The fourth-order valence-electron chi connectivity index (χ4n) is 4.24. The number of amides is 1. The molecule has 2 saturated heterocycles. The van der Waals surface area contributed by atoms with Crippen LogP contribution in [0, 0.1) is 0 Å². The van der Waals surface area contributed by atoms with Crippen molar-refractivity contribution >= 4 is 22.4 Å². The second kappa shape index (κ2) is 9.01. The van der Waals surface area contributed by atoms with Gasteiger partial charge in [-0.15, -0.1) is 0 Å². The maximum absolute atomic E-state index is 12.8. The molecule has 2 aliphatic rings. The molecular weight excluding hydrogens is 370 g/mol. The highest BCUT2D eigenvalue weighted by Crippen LogP contribution is 2.28. The molecule has 0 aromatic carbocycles. The van der Waals surface area contributed by atoms with Crippen LogP contribution in [0.1, 0.15) is 47.3 Å². The number of carbonyl (C=O) groups is 1. The van der Waals surface area contributed by atoms with Crippen molar-refractivity contribution in [2.45, 2.75) is 44.7 Å². The standard InChI is InChI=1S/C21H29N5OS/c1-24(16-17-6-5-9-22-14-17)20(27)19-15-23-21(28-19)26-12-7-18(8-13-26)25-10-3-2-4-11-25/h5-6,9,14-15,18H,2-4,7-8,10-13,16H2,1H3. The Morgan fingerprint density at radius 3 is 2.68 bits per heavy atom. The van der Waals surface area contributed by atoms with Crippen LogP contribution in [-0.2, 0) is 6.54 Å². The van der Waals surface area contributed by atoms with Crippen LogP contribution in [0.4, 0.5) is 5.13 Å². The molecule has 1 amide bonds. The highest BCUT2D eigenvalue weighted by molar-refractivity contribution is 7.17. The van der Waals surface area contributed by atoms with Gasteiger partial charge in [-0.3, -0.25) is 9.78 Å². The highest BCUT2D eigenvalue weighted by atomic mass is 32.1. The van der Waals surface area contributed by atoms with Gasteiger partial charge in [0, 0.05) is 45.1 Å². The van der Waals surface area contributed by atoms with Gasteiger partial charge in [0.2, 0.25) is 0 Å². The van der Waals surface area contributed by atoms with Crippen LogP contribution < -0.4 is 4.90 Å². The third-order valence-electron chi connectivity index (χ3n) is 5.84. The van der Waals surface area contributed by atoms with Gasteiger partial charge in [0.25, 0.3) is 5.91 Å². The Balaban J connectivity index is 1.32. The van der Waals surface area contributed by atoms with Crippen LogP contribution in [0.15, 0.2) is 30.7 Å². The van der Waals surface area contributed by atoms with Gasteiger partial charge in [-0.05, 0) is 50.4 Å². The first-order valence-electron chi connectivity index (χ1n) is 10.3. The van der Waals surface area contributed by atoms with Crippen molar-refractivity contribution in [3.05, 3.63) is 41.2 Å². The van der Waals surface area contributed by atoms with Crippen molar-refractivity contribution in [2.24, 2.45) is 0 Å². The lowest BCUT2D eigenvalue weighted by Gasteiger charge is -2.40. The Morgan fingerprint density at radius 2 is 1.96 bits per heavy atom. The van der Waals surface area contributed by atoms with Crippen molar-refractivity contribution in [3.8, 4) is 0 Å². The number of nitrogens with zero attached hydrogens (tertiary/aromatic N) is 5. The number of pyridine rings is 1. The highest BCUT2D eigenvalue weighted by Gasteiger charge is 2.27. The van der Waals surface area contributed by atoms with Crippen LogP contribution >= 0.6 is 11.3 Å². The van der Waals surface area contributed by atoms with Crippen molar-refractivity contribution < 1.29 is 4.79 Å². The molecule has 7 heteroatoms. The van der Waals surface area contributed by atoms with E-state index in [1.807, 2.05) is 19.2 Å². The molecule has 150 valence electrons. The first-order chi connectivity index (χ1) is 13.7. The first-order valence-corrected chi connectivity index (χ1v) is 11.1. The summed E-state index contributed by atoms with van der Waals surface area (Å²) in [6.45, 7) is 5.16. The maximum atomic E-state index is 12.8. The predicted molar refractivity (Wildman–Crippen MR) is 113 cm³/mol. The first kappa shape index (κ1) is 19.3. The molecule has 0 atom stereocenters. The molecule has 2 fully saturated rings. The minimum absolute atomic E-state index is 0.0239. The van der Waals surface area contributed by atoms with E-state index in [-0.39, 0.29) is 5.91 Å². The third-order valence-corrected chi connectivity index (χ3v) is 6.88. The lowest BCUT2D eigenvalue weighted by atomic mass is 10.0. The van der Waals surface area contributed by atoms with Crippen LogP contribution in [0.3, 0.4) is 0 Å². The summed E-state index contributed by atoms with van der Waals surface area (Å²) < 4.78 is 0. The zero-order valence-electron chi connectivity index (χ0n) is 16.6. The van der Waals surface area contributed by atoms with Gasteiger partial charge in [0.15, 0.2) is 5.13 Å². The summed E-state index contributed by atoms with van der Waals surface area (Å²) in [5, 5.41) is 0.982. The normalized spacial score (nSPS) is 19.0. The van der Waals surface area contributed by atoms with E-state index in [1.165, 1.54) is 56.5 Å². The number of carbonyl (C=O) groups excluding carboxylic acids is 1. The molecule has 0 spiro atoms. The van der Waals surface area contributed by atoms with Gasteiger partial charge >= 0.3 is 0 Å².